The lowest BCUT2D eigenvalue weighted by Crippen LogP contribution is -2.50. The van der Waals surface area contributed by atoms with Gasteiger partial charge in [0, 0.05) is 39.1 Å². The summed E-state index contributed by atoms with van der Waals surface area (Å²) in [6.07, 6.45) is 1.73. The molecule has 0 aliphatic carbocycles. The molecule has 2 heterocycles. The maximum atomic E-state index is 13.3. The normalized spacial score (nSPS) is 20.5. The first kappa shape index (κ1) is 22.2. The second-order valence-corrected chi connectivity index (χ2v) is 9.44. The Balaban J connectivity index is 1.46. The van der Waals surface area contributed by atoms with E-state index in [2.05, 4.69) is 5.32 Å². The summed E-state index contributed by atoms with van der Waals surface area (Å²) in [6, 6.07) is 4.69. The van der Waals surface area contributed by atoms with Gasteiger partial charge in [-0.05, 0) is 30.5 Å². The van der Waals surface area contributed by atoms with Crippen molar-refractivity contribution in [2.24, 2.45) is 0 Å². The second-order valence-electron chi connectivity index (χ2n) is 7.45. The number of urea groups is 1. The first-order chi connectivity index (χ1) is 14.1. The Morgan fingerprint density at radius 1 is 1.20 bits per heavy atom. The Labute approximate surface area is 174 Å². The van der Waals surface area contributed by atoms with Crippen molar-refractivity contribution in [2.45, 2.75) is 25.3 Å². The highest BCUT2D eigenvalue weighted by Crippen LogP contribution is 2.15. The minimum absolute atomic E-state index is 0.0767. The largest absolute Gasteiger partial charge is 0.340 e. The van der Waals surface area contributed by atoms with Gasteiger partial charge in [-0.2, -0.15) is 4.31 Å². The Morgan fingerprint density at radius 3 is 2.53 bits per heavy atom. The number of hydrogen-bond donors (Lipinski definition) is 1. The van der Waals surface area contributed by atoms with Crippen LogP contribution in [0.2, 0.25) is 0 Å². The van der Waals surface area contributed by atoms with Gasteiger partial charge in [0.15, 0.2) is 0 Å². The SMILES string of the molecule is CS(=O)(=O)N1CCN(C(=O)CC[C@@H]2NC(=O)N(CCc3cccc(F)c3)C2=O)CC1. The molecule has 0 aromatic heterocycles. The minimum atomic E-state index is -3.27. The Morgan fingerprint density at radius 2 is 1.90 bits per heavy atom. The monoisotopic (exact) mass is 440 g/mol. The number of halogens is 1. The lowest BCUT2D eigenvalue weighted by molar-refractivity contribution is -0.133. The van der Waals surface area contributed by atoms with Crippen molar-refractivity contribution >= 4 is 27.9 Å². The summed E-state index contributed by atoms with van der Waals surface area (Å²) < 4.78 is 37.7. The molecule has 2 aliphatic heterocycles. The van der Waals surface area contributed by atoms with E-state index in [-0.39, 0.29) is 44.2 Å². The van der Waals surface area contributed by atoms with Crippen LogP contribution in [0.5, 0.6) is 0 Å². The summed E-state index contributed by atoms with van der Waals surface area (Å²) >= 11 is 0. The third-order valence-corrected chi connectivity index (χ3v) is 6.63. The van der Waals surface area contributed by atoms with E-state index in [9.17, 15) is 27.2 Å². The molecule has 30 heavy (non-hydrogen) atoms. The van der Waals surface area contributed by atoms with E-state index in [0.29, 0.717) is 25.1 Å². The molecule has 0 radical (unpaired) electrons. The summed E-state index contributed by atoms with van der Waals surface area (Å²) in [5.41, 5.74) is 0.683. The second kappa shape index (κ2) is 9.09. The third kappa shape index (κ3) is 5.33. The molecule has 1 aromatic rings. The number of nitrogens with zero attached hydrogens (tertiary/aromatic N) is 3. The van der Waals surface area contributed by atoms with Crippen molar-refractivity contribution < 1.29 is 27.2 Å². The topological polar surface area (TPSA) is 107 Å². The third-order valence-electron chi connectivity index (χ3n) is 5.33. The van der Waals surface area contributed by atoms with Crippen LogP contribution >= 0.6 is 0 Å². The van der Waals surface area contributed by atoms with Crippen molar-refractivity contribution in [3.05, 3.63) is 35.6 Å². The number of amides is 4. The predicted octanol–water partition coefficient (Wildman–Crippen LogP) is 0.173. The van der Waals surface area contributed by atoms with Gasteiger partial charge >= 0.3 is 6.03 Å². The van der Waals surface area contributed by atoms with Gasteiger partial charge in [0.25, 0.3) is 5.91 Å². The van der Waals surface area contributed by atoms with Crippen LogP contribution < -0.4 is 5.32 Å². The van der Waals surface area contributed by atoms with Crippen LogP contribution in [0.3, 0.4) is 0 Å². The van der Waals surface area contributed by atoms with E-state index in [0.717, 1.165) is 11.2 Å². The zero-order valence-electron chi connectivity index (χ0n) is 16.7. The number of nitrogens with one attached hydrogen (secondary N) is 1. The van der Waals surface area contributed by atoms with Gasteiger partial charge < -0.3 is 10.2 Å². The summed E-state index contributed by atoms with van der Waals surface area (Å²) in [5, 5.41) is 2.59. The Hall–Kier alpha value is -2.53. The molecule has 164 valence electrons. The number of piperazine rings is 1. The van der Waals surface area contributed by atoms with Gasteiger partial charge in [-0.1, -0.05) is 12.1 Å². The smallest absolute Gasteiger partial charge is 0.324 e. The van der Waals surface area contributed by atoms with Crippen LogP contribution in [0.25, 0.3) is 0 Å². The molecule has 3 rings (SSSR count). The molecule has 2 fully saturated rings. The van der Waals surface area contributed by atoms with Crippen LogP contribution in [0.1, 0.15) is 18.4 Å². The van der Waals surface area contributed by atoms with Gasteiger partial charge in [0.1, 0.15) is 11.9 Å². The van der Waals surface area contributed by atoms with Gasteiger partial charge in [0.05, 0.1) is 6.26 Å². The van der Waals surface area contributed by atoms with Crippen LogP contribution in [0.4, 0.5) is 9.18 Å². The number of sulfonamides is 1. The fourth-order valence-electron chi connectivity index (χ4n) is 3.61. The maximum Gasteiger partial charge on any atom is 0.324 e. The van der Waals surface area contributed by atoms with Gasteiger partial charge in [-0.3, -0.25) is 14.5 Å². The van der Waals surface area contributed by atoms with E-state index in [1.54, 1.807) is 17.0 Å². The maximum absolute atomic E-state index is 13.3. The summed E-state index contributed by atoms with van der Waals surface area (Å²) in [7, 11) is -3.27. The Kier molecular flexibility index (Phi) is 6.71. The highest BCUT2D eigenvalue weighted by Gasteiger charge is 2.38. The van der Waals surface area contributed by atoms with Crippen molar-refractivity contribution in [3.63, 3.8) is 0 Å². The van der Waals surface area contributed by atoms with E-state index in [4.69, 9.17) is 0 Å². The minimum Gasteiger partial charge on any atom is -0.340 e. The molecule has 9 nitrogen and oxygen atoms in total. The average molecular weight is 440 g/mol. The lowest BCUT2D eigenvalue weighted by atomic mass is 10.1. The van der Waals surface area contributed by atoms with Crippen LogP contribution in [-0.4, -0.2) is 85.4 Å². The molecule has 0 spiro atoms. The average Bonchev–Trinajstić information content (AvgIpc) is 2.97. The Bertz CT molecular complexity index is 931. The molecular formula is C19H25FN4O5S. The van der Waals surface area contributed by atoms with Crippen molar-refractivity contribution in [2.75, 3.05) is 39.0 Å². The fraction of sp³-hybridized carbons (Fsp3) is 0.526. The molecule has 4 amide bonds. The molecular weight excluding hydrogens is 415 g/mol. The van der Waals surface area contributed by atoms with Crippen molar-refractivity contribution in [3.8, 4) is 0 Å². The summed E-state index contributed by atoms with van der Waals surface area (Å²) in [5.74, 6) is -0.951. The number of carbonyl (C=O) groups is 3. The van der Waals surface area contributed by atoms with Crippen LogP contribution in [0.15, 0.2) is 24.3 Å². The molecule has 0 unspecified atom stereocenters. The van der Waals surface area contributed by atoms with E-state index < -0.39 is 28.0 Å². The molecule has 2 saturated heterocycles. The highest BCUT2D eigenvalue weighted by atomic mass is 32.2. The lowest BCUT2D eigenvalue weighted by Gasteiger charge is -2.33. The molecule has 2 aliphatic rings. The van der Waals surface area contributed by atoms with E-state index >= 15 is 0 Å². The number of benzene rings is 1. The fourth-order valence-corrected chi connectivity index (χ4v) is 4.44. The van der Waals surface area contributed by atoms with Crippen LogP contribution in [0, 0.1) is 5.82 Å². The number of carbonyl (C=O) groups excluding carboxylic acids is 3. The molecule has 1 N–H and O–H groups in total. The highest BCUT2D eigenvalue weighted by molar-refractivity contribution is 7.88. The zero-order valence-corrected chi connectivity index (χ0v) is 17.5. The number of imide groups is 1. The quantitative estimate of drug-likeness (QED) is 0.609. The molecule has 0 saturated carbocycles. The molecule has 1 aromatic carbocycles. The summed E-state index contributed by atoms with van der Waals surface area (Å²) in [4.78, 5) is 39.7. The van der Waals surface area contributed by atoms with Crippen molar-refractivity contribution in [1.29, 1.82) is 0 Å². The molecule has 1 atom stereocenters. The predicted molar refractivity (Wildman–Crippen MR) is 106 cm³/mol. The van der Waals surface area contributed by atoms with E-state index in [1.807, 2.05) is 0 Å². The standard InChI is InChI=1S/C19H25FN4O5S/c1-30(28,29)23-11-9-22(10-12-23)17(25)6-5-16-18(26)24(19(27)21-16)8-7-14-3-2-4-15(20)13-14/h2-4,13,16H,5-12H2,1H3,(H,21,27)/t16-/m0/s1. The first-order valence-corrected chi connectivity index (χ1v) is 11.6. The number of hydrogen-bond acceptors (Lipinski definition) is 5. The molecule has 11 heteroatoms. The molecule has 0 bridgehead atoms. The van der Waals surface area contributed by atoms with Crippen molar-refractivity contribution in [1.82, 2.24) is 19.4 Å². The summed E-state index contributed by atoms with van der Waals surface area (Å²) in [6.45, 7) is 1.23. The number of rotatable bonds is 7. The van der Waals surface area contributed by atoms with E-state index in [1.165, 1.54) is 16.4 Å². The van der Waals surface area contributed by atoms with Gasteiger partial charge in [0.2, 0.25) is 15.9 Å². The first-order valence-electron chi connectivity index (χ1n) is 9.74. The van der Waals surface area contributed by atoms with Gasteiger partial charge in [-0.15, -0.1) is 0 Å². The van der Waals surface area contributed by atoms with Gasteiger partial charge in [-0.25, -0.2) is 17.6 Å². The van der Waals surface area contributed by atoms with Crippen LogP contribution in [-0.2, 0) is 26.0 Å². The zero-order chi connectivity index (χ0) is 21.9.